The Morgan fingerprint density at radius 3 is 2.32 bits per heavy atom. The third-order valence-corrected chi connectivity index (χ3v) is 3.21. The van der Waals surface area contributed by atoms with Crippen LogP contribution in [-0.4, -0.2) is 35.8 Å². The minimum absolute atomic E-state index is 0.0579. The number of anilines is 1. The zero-order valence-corrected chi connectivity index (χ0v) is 11.1. The van der Waals surface area contributed by atoms with Gasteiger partial charge < -0.3 is 16.0 Å². The van der Waals surface area contributed by atoms with Crippen molar-refractivity contribution >= 4 is 17.5 Å². The number of hydrogen-bond donors (Lipinski definition) is 2. The van der Waals surface area contributed by atoms with E-state index in [1.807, 2.05) is 4.90 Å². The quantitative estimate of drug-likeness (QED) is 0.858. The van der Waals surface area contributed by atoms with Crippen LogP contribution in [0.15, 0.2) is 24.3 Å². The number of benzene rings is 1. The summed E-state index contributed by atoms with van der Waals surface area (Å²) in [5.41, 5.74) is 6.78. The minimum atomic E-state index is -0.550. The summed E-state index contributed by atoms with van der Waals surface area (Å²) in [5, 5.41) is 2.69. The van der Waals surface area contributed by atoms with Crippen LogP contribution in [0.1, 0.15) is 30.1 Å². The zero-order valence-electron chi connectivity index (χ0n) is 11.1. The molecule has 2 rings (SSSR count). The Kier molecular flexibility index (Phi) is 4.16. The fraction of sp³-hybridized carbons (Fsp3) is 0.429. The molecule has 102 valence electrons. The normalized spacial score (nSPS) is 16.2. The summed E-state index contributed by atoms with van der Waals surface area (Å²) in [6.07, 6.45) is 2.16. The summed E-state index contributed by atoms with van der Waals surface area (Å²) in [4.78, 5) is 25.4. The van der Waals surface area contributed by atoms with Crippen LogP contribution in [0.4, 0.5) is 5.69 Å². The molecule has 5 heteroatoms. The Hall–Kier alpha value is -1.88. The smallest absolute Gasteiger partial charge is 0.253 e. The maximum atomic E-state index is 12.1. The minimum Gasteiger partial charge on any atom is -0.339 e. The van der Waals surface area contributed by atoms with Crippen LogP contribution < -0.4 is 11.1 Å². The monoisotopic (exact) mass is 261 g/mol. The van der Waals surface area contributed by atoms with Gasteiger partial charge >= 0.3 is 0 Å². The molecule has 19 heavy (non-hydrogen) atoms. The molecule has 0 aliphatic carbocycles. The first-order valence-corrected chi connectivity index (χ1v) is 6.54. The Morgan fingerprint density at radius 1 is 1.21 bits per heavy atom. The first-order chi connectivity index (χ1) is 9.08. The maximum absolute atomic E-state index is 12.1. The average Bonchev–Trinajstić information content (AvgIpc) is 2.92. The summed E-state index contributed by atoms with van der Waals surface area (Å²) in [7, 11) is 0. The fourth-order valence-corrected chi connectivity index (χ4v) is 2.06. The van der Waals surface area contributed by atoms with Crippen molar-refractivity contribution in [1.82, 2.24) is 4.90 Å². The molecule has 1 aromatic rings. The van der Waals surface area contributed by atoms with E-state index in [1.54, 1.807) is 31.2 Å². The molecule has 5 nitrogen and oxygen atoms in total. The van der Waals surface area contributed by atoms with E-state index in [1.165, 1.54) is 0 Å². The van der Waals surface area contributed by atoms with Crippen LogP contribution in [0.25, 0.3) is 0 Å². The Morgan fingerprint density at radius 2 is 1.79 bits per heavy atom. The van der Waals surface area contributed by atoms with Gasteiger partial charge in [-0.05, 0) is 44.0 Å². The number of nitrogens with zero attached hydrogens (tertiary/aromatic N) is 1. The molecule has 1 fully saturated rings. The number of carbonyl (C=O) groups excluding carboxylic acids is 2. The molecule has 1 heterocycles. The van der Waals surface area contributed by atoms with Crippen molar-refractivity contribution in [2.45, 2.75) is 25.8 Å². The molecule has 1 saturated heterocycles. The third-order valence-electron chi connectivity index (χ3n) is 3.21. The van der Waals surface area contributed by atoms with Crippen molar-refractivity contribution < 1.29 is 9.59 Å². The maximum Gasteiger partial charge on any atom is 0.253 e. The second-order valence-corrected chi connectivity index (χ2v) is 4.85. The van der Waals surface area contributed by atoms with Crippen molar-refractivity contribution in [2.75, 3.05) is 18.4 Å². The lowest BCUT2D eigenvalue weighted by molar-refractivity contribution is -0.117. The summed E-state index contributed by atoms with van der Waals surface area (Å²) in [5.74, 6) is -0.179. The molecule has 1 aliphatic rings. The van der Waals surface area contributed by atoms with Gasteiger partial charge in [0.05, 0.1) is 6.04 Å². The summed E-state index contributed by atoms with van der Waals surface area (Å²) in [6, 6.07) is 6.37. The van der Waals surface area contributed by atoms with Gasteiger partial charge in [-0.2, -0.15) is 0 Å². The number of nitrogens with one attached hydrogen (secondary N) is 1. The van der Waals surface area contributed by atoms with Crippen LogP contribution in [0, 0.1) is 0 Å². The van der Waals surface area contributed by atoms with E-state index in [2.05, 4.69) is 5.32 Å². The van der Waals surface area contributed by atoms with Crippen LogP contribution in [0.3, 0.4) is 0 Å². The highest BCUT2D eigenvalue weighted by Crippen LogP contribution is 2.15. The predicted octanol–water partition coefficient (Wildman–Crippen LogP) is 1.21. The van der Waals surface area contributed by atoms with Gasteiger partial charge in [-0.15, -0.1) is 0 Å². The zero-order chi connectivity index (χ0) is 13.8. The molecule has 3 N–H and O–H groups in total. The molecule has 2 amide bonds. The van der Waals surface area contributed by atoms with Crippen LogP contribution in [-0.2, 0) is 4.79 Å². The highest BCUT2D eigenvalue weighted by Gasteiger charge is 2.19. The second kappa shape index (κ2) is 5.84. The highest BCUT2D eigenvalue weighted by atomic mass is 16.2. The van der Waals surface area contributed by atoms with Crippen molar-refractivity contribution in [1.29, 1.82) is 0 Å². The standard InChI is InChI=1S/C14H19N3O2/c1-10(15)13(18)16-12-6-4-11(5-7-12)14(19)17-8-2-3-9-17/h4-7,10H,2-3,8-9,15H2,1H3,(H,16,18). The number of amides is 2. The molecule has 1 aromatic carbocycles. The van der Waals surface area contributed by atoms with Crippen molar-refractivity contribution in [3.05, 3.63) is 29.8 Å². The van der Waals surface area contributed by atoms with Gasteiger partial charge in [-0.25, -0.2) is 0 Å². The SMILES string of the molecule is CC(N)C(=O)Nc1ccc(C(=O)N2CCCC2)cc1. The van der Waals surface area contributed by atoms with Gasteiger partial charge in [-0.3, -0.25) is 9.59 Å². The van der Waals surface area contributed by atoms with Crippen LogP contribution >= 0.6 is 0 Å². The van der Waals surface area contributed by atoms with E-state index < -0.39 is 6.04 Å². The van der Waals surface area contributed by atoms with E-state index in [-0.39, 0.29) is 11.8 Å². The Labute approximate surface area is 112 Å². The summed E-state index contributed by atoms with van der Waals surface area (Å²) < 4.78 is 0. The average molecular weight is 261 g/mol. The molecular weight excluding hydrogens is 242 g/mol. The van der Waals surface area contributed by atoms with Crippen LogP contribution in [0.5, 0.6) is 0 Å². The van der Waals surface area contributed by atoms with Gasteiger partial charge in [0, 0.05) is 24.3 Å². The molecule has 1 aliphatic heterocycles. The van der Waals surface area contributed by atoms with E-state index in [0.29, 0.717) is 11.3 Å². The van der Waals surface area contributed by atoms with Gasteiger partial charge in [0.1, 0.15) is 0 Å². The predicted molar refractivity (Wildman–Crippen MR) is 73.9 cm³/mol. The molecule has 1 unspecified atom stereocenters. The lowest BCUT2D eigenvalue weighted by Gasteiger charge is -2.15. The van der Waals surface area contributed by atoms with Gasteiger partial charge in [0.25, 0.3) is 5.91 Å². The van der Waals surface area contributed by atoms with Crippen molar-refractivity contribution in [2.24, 2.45) is 5.73 Å². The number of nitrogens with two attached hydrogens (primary N) is 1. The molecule has 0 aromatic heterocycles. The number of carbonyl (C=O) groups is 2. The second-order valence-electron chi connectivity index (χ2n) is 4.85. The molecule has 0 radical (unpaired) electrons. The Bertz CT molecular complexity index is 462. The van der Waals surface area contributed by atoms with E-state index in [4.69, 9.17) is 5.73 Å². The summed E-state index contributed by atoms with van der Waals surface area (Å²) in [6.45, 7) is 3.30. The van der Waals surface area contributed by atoms with Crippen LogP contribution in [0.2, 0.25) is 0 Å². The first kappa shape index (κ1) is 13.5. The Balaban J connectivity index is 2.01. The summed E-state index contributed by atoms with van der Waals surface area (Å²) >= 11 is 0. The highest BCUT2D eigenvalue weighted by molar-refractivity contribution is 5.97. The number of likely N-dealkylation sites (tertiary alicyclic amines) is 1. The van der Waals surface area contributed by atoms with E-state index in [0.717, 1.165) is 25.9 Å². The number of rotatable bonds is 3. The lowest BCUT2D eigenvalue weighted by atomic mass is 10.2. The molecule has 0 saturated carbocycles. The molecule has 0 spiro atoms. The molecule has 1 atom stereocenters. The molecule has 0 bridgehead atoms. The van der Waals surface area contributed by atoms with Gasteiger partial charge in [0.15, 0.2) is 0 Å². The first-order valence-electron chi connectivity index (χ1n) is 6.54. The topological polar surface area (TPSA) is 75.4 Å². The van der Waals surface area contributed by atoms with E-state index in [9.17, 15) is 9.59 Å². The lowest BCUT2D eigenvalue weighted by Crippen LogP contribution is -2.32. The van der Waals surface area contributed by atoms with Crippen molar-refractivity contribution in [3.63, 3.8) is 0 Å². The third kappa shape index (κ3) is 3.32. The fourth-order valence-electron chi connectivity index (χ4n) is 2.06. The van der Waals surface area contributed by atoms with E-state index >= 15 is 0 Å². The largest absolute Gasteiger partial charge is 0.339 e. The van der Waals surface area contributed by atoms with Gasteiger partial charge in [0.2, 0.25) is 5.91 Å². The molecular formula is C14H19N3O2. The van der Waals surface area contributed by atoms with Gasteiger partial charge in [-0.1, -0.05) is 0 Å². The number of hydrogen-bond acceptors (Lipinski definition) is 3. The van der Waals surface area contributed by atoms with Crippen molar-refractivity contribution in [3.8, 4) is 0 Å².